The Labute approximate surface area is 125 Å². The maximum Gasteiger partial charge on any atom is 0.241 e. The van der Waals surface area contributed by atoms with E-state index in [0.29, 0.717) is 23.7 Å². The summed E-state index contributed by atoms with van der Waals surface area (Å²) < 4.78 is 0. The van der Waals surface area contributed by atoms with Crippen molar-refractivity contribution in [3.05, 3.63) is 24.3 Å². The summed E-state index contributed by atoms with van der Waals surface area (Å²) >= 11 is 0. The van der Waals surface area contributed by atoms with Crippen LogP contribution in [0.1, 0.15) is 33.1 Å². The number of nitrogens with one attached hydrogen (secondary N) is 3. The number of carbonyl (C=O) groups is 2. The van der Waals surface area contributed by atoms with Gasteiger partial charge in [-0.25, -0.2) is 0 Å². The van der Waals surface area contributed by atoms with E-state index in [2.05, 4.69) is 22.9 Å². The molecule has 0 saturated carbocycles. The van der Waals surface area contributed by atoms with Gasteiger partial charge in [0.05, 0.1) is 6.04 Å². The Kier molecular flexibility index (Phi) is 5.33. The molecule has 3 N–H and O–H groups in total. The Morgan fingerprint density at radius 3 is 2.67 bits per heavy atom. The third kappa shape index (κ3) is 4.56. The van der Waals surface area contributed by atoms with E-state index in [9.17, 15) is 9.59 Å². The van der Waals surface area contributed by atoms with E-state index in [1.54, 1.807) is 13.0 Å². The predicted molar refractivity (Wildman–Crippen MR) is 84.2 cm³/mol. The van der Waals surface area contributed by atoms with E-state index < -0.39 is 0 Å². The molecule has 1 aliphatic rings. The summed E-state index contributed by atoms with van der Waals surface area (Å²) in [6.45, 7) is 4.85. The molecule has 1 aromatic rings. The van der Waals surface area contributed by atoms with Crippen LogP contribution < -0.4 is 16.0 Å². The van der Waals surface area contributed by atoms with Crippen molar-refractivity contribution in [1.29, 1.82) is 0 Å². The highest BCUT2D eigenvalue weighted by Gasteiger charge is 2.24. The third-order valence-corrected chi connectivity index (χ3v) is 3.72. The summed E-state index contributed by atoms with van der Waals surface area (Å²) in [5.74, 6) is 0.513. The van der Waals surface area contributed by atoms with Crippen molar-refractivity contribution < 1.29 is 9.59 Å². The largest absolute Gasteiger partial charge is 0.326 e. The van der Waals surface area contributed by atoms with Crippen LogP contribution in [0.4, 0.5) is 11.4 Å². The predicted octanol–water partition coefficient (Wildman–Crippen LogP) is 2.36. The van der Waals surface area contributed by atoms with Gasteiger partial charge in [0.1, 0.15) is 0 Å². The summed E-state index contributed by atoms with van der Waals surface area (Å²) in [4.78, 5) is 23.6. The van der Waals surface area contributed by atoms with E-state index in [1.807, 2.05) is 18.2 Å². The number of anilines is 2. The van der Waals surface area contributed by atoms with Crippen LogP contribution >= 0.6 is 0 Å². The molecule has 1 heterocycles. The lowest BCUT2D eigenvalue weighted by atomic mass is 9.94. The smallest absolute Gasteiger partial charge is 0.241 e. The van der Waals surface area contributed by atoms with Gasteiger partial charge in [-0.2, -0.15) is 0 Å². The second kappa shape index (κ2) is 7.22. The van der Waals surface area contributed by atoms with Gasteiger partial charge in [-0.15, -0.1) is 0 Å². The zero-order valence-electron chi connectivity index (χ0n) is 12.6. The molecule has 2 atom stereocenters. The van der Waals surface area contributed by atoms with Crippen LogP contribution in [0.25, 0.3) is 0 Å². The number of piperidine rings is 1. The van der Waals surface area contributed by atoms with Crippen LogP contribution in [0, 0.1) is 5.92 Å². The Balaban J connectivity index is 1.97. The van der Waals surface area contributed by atoms with Crippen molar-refractivity contribution in [2.24, 2.45) is 5.92 Å². The maximum atomic E-state index is 12.2. The van der Waals surface area contributed by atoms with Gasteiger partial charge in [-0.3, -0.25) is 9.59 Å². The van der Waals surface area contributed by atoms with E-state index in [1.165, 1.54) is 0 Å². The minimum atomic E-state index is -0.136. The second-order valence-corrected chi connectivity index (χ2v) is 5.61. The Bertz CT molecular complexity index is 516. The lowest BCUT2D eigenvalue weighted by Crippen LogP contribution is -2.45. The minimum Gasteiger partial charge on any atom is -0.326 e. The number of amides is 2. The van der Waals surface area contributed by atoms with Gasteiger partial charge in [0.25, 0.3) is 0 Å². The summed E-state index contributed by atoms with van der Waals surface area (Å²) in [5.41, 5.74) is 1.40. The monoisotopic (exact) mass is 289 g/mol. The zero-order chi connectivity index (χ0) is 15.2. The SMILES string of the molecule is CCC(=O)Nc1cccc(NC(=O)C2CC(C)CCN2)c1. The number of benzene rings is 1. The molecule has 2 rings (SSSR count). The quantitative estimate of drug-likeness (QED) is 0.797. The zero-order valence-corrected chi connectivity index (χ0v) is 12.6. The Morgan fingerprint density at radius 2 is 2.00 bits per heavy atom. The molecule has 5 heteroatoms. The highest BCUT2D eigenvalue weighted by molar-refractivity contribution is 5.96. The molecule has 1 saturated heterocycles. The molecule has 5 nitrogen and oxygen atoms in total. The summed E-state index contributed by atoms with van der Waals surface area (Å²) in [6, 6.07) is 7.09. The van der Waals surface area contributed by atoms with Gasteiger partial charge in [0.15, 0.2) is 0 Å². The molecular weight excluding hydrogens is 266 g/mol. The fourth-order valence-corrected chi connectivity index (χ4v) is 2.46. The van der Waals surface area contributed by atoms with Crippen LogP contribution in [0.2, 0.25) is 0 Å². The topological polar surface area (TPSA) is 70.2 Å². The van der Waals surface area contributed by atoms with Crippen molar-refractivity contribution in [2.45, 2.75) is 39.2 Å². The van der Waals surface area contributed by atoms with Crippen LogP contribution in [-0.4, -0.2) is 24.4 Å². The first-order valence-electron chi connectivity index (χ1n) is 7.52. The summed E-state index contributed by atoms with van der Waals surface area (Å²) in [7, 11) is 0. The first-order valence-corrected chi connectivity index (χ1v) is 7.52. The molecule has 2 unspecified atom stereocenters. The van der Waals surface area contributed by atoms with Crippen molar-refractivity contribution in [3.8, 4) is 0 Å². The van der Waals surface area contributed by atoms with E-state index in [-0.39, 0.29) is 17.9 Å². The lowest BCUT2D eigenvalue weighted by Gasteiger charge is -2.27. The first-order chi connectivity index (χ1) is 10.1. The van der Waals surface area contributed by atoms with Gasteiger partial charge in [0, 0.05) is 17.8 Å². The second-order valence-electron chi connectivity index (χ2n) is 5.61. The van der Waals surface area contributed by atoms with Gasteiger partial charge < -0.3 is 16.0 Å². The average Bonchev–Trinajstić information content (AvgIpc) is 2.47. The Hall–Kier alpha value is -1.88. The van der Waals surface area contributed by atoms with Crippen LogP contribution in [-0.2, 0) is 9.59 Å². The molecule has 1 fully saturated rings. The highest BCUT2D eigenvalue weighted by atomic mass is 16.2. The first kappa shape index (κ1) is 15.5. The standard InChI is InChI=1S/C16H23N3O2/c1-3-15(20)18-12-5-4-6-13(10-12)19-16(21)14-9-11(2)7-8-17-14/h4-6,10-11,14,17H,3,7-9H2,1-2H3,(H,18,20)(H,19,21). The molecule has 114 valence electrons. The molecule has 0 aromatic heterocycles. The van der Waals surface area contributed by atoms with E-state index in [4.69, 9.17) is 0 Å². The number of hydrogen-bond donors (Lipinski definition) is 3. The third-order valence-electron chi connectivity index (χ3n) is 3.72. The molecule has 21 heavy (non-hydrogen) atoms. The highest BCUT2D eigenvalue weighted by Crippen LogP contribution is 2.19. The number of carbonyl (C=O) groups excluding carboxylic acids is 2. The minimum absolute atomic E-state index is 0.0134. The van der Waals surface area contributed by atoms with Gasteiger partial charge in [-0.05, 0) is 43.5 Å². The average molecular weight is 289 g/mol. The van der Waals surface area contributed by atoms with Crippen molar-refractivity contribution in [1.82, 2.24) is 5.32 Å². The fourth-order valence-electron chi connectivity index (χ4n) is 2.46. The maximum absolute atomic E-state index is 12.2. The molecule has 1 aromatic carbocycles. The molecule has 0 spiro atoms. The lowest BCUT2D eigenvalue weighted by molar-refractivity contribution is -0.119. The molecule has 2 amide bonds. The van der Waals surface area contributed by atoms with Gasteiger partial charge >= 0.3 is 0 Å². The summed E-state index contributed by atoms with van der Waals surface area (Å²) in [5, 5.41) is 8.94. The van der Waals surface area contributed by atoms with E-state index >= 15 is 0 Å². The van der Waals surface area contributed by atoms with Gasteiger partial charge in [-0.1, -0.05) is 19.9 Å². The van der Waals surface area contributed by atoms with Crippen LogP contribution in [0.15, 0.2) is 24.3 Å². The summed E-state index contributed by atoms with van der Waals surface area (Å²) in [6.07, 6.45) is 2.40. The van der Waals surface area contributed by atoms with Crippen molar-refractivity contribution >= 4 is 23.2 Å². The Morgan fingerprint density at radius 1 is 1.29 bits per heavy atom. The molecule has 1 aliphatic heterocycles. The normalized spacial score (nSPS) is 21.6. The molecular formula is C16H23N3O2. The van der Waals surface area contributed by atoms with Crippen LogP contribution in [0.3, 0.4) is 0 Å². The number of rotatable bonds is 4. The molecule has 0 radical (unpaired) electrons. The van der Waals surface area contributed by atoms with Crippen LogP contribution in [0.5, 0.6) is 0 Å². The van der Waals surface area contributed by atoms with Crippen molar-refractivity contribution in [3.63, 3.8) is 0 Å². The molecule has 0 aliphatic carbocycles. The molecule has 0 bridgehead atoms. The fraction of sp³-hybridized carbons (Fsp3) is 0.500. The van der Waals surface area contributed by atoms with Gasteiger partial charge in [0.2, 0.25) is 11.8 Å². The van der Waals surface area contributed by atoms with E-state index in [0.717, 1.165) is 19.4 Å². The van der Waals surface area contributed by atoms with Crippen molar-refractivity contribution in [2.75, 3.05) is 17.2 Å². The number of hydrogen-bond acceptors (Lipinski definition) is 3.